The molecular formula is C11H9NO3. The fourth-order valence-corrected chi connectivity index (χ4v) is 1.30. The van der Waals surface area contributed by atoms with Crippen LogP contribution in [0.5, 0.6) is 0 Å². The van der Waals surface area contributed by atoms with Gasteiger partial charge in [-0.05, 0) is 0 Å². The molecule has 0 N–H and O–H groups in total. The first kappa shape index (κ1) is 9.45. The molecule has 1 aromatic carbocycles. The molecule has 15 heavy (non-hydrogen) atoms. The quantitative estimate of drug-likeness (QED) is 0.709. The average Bonchev–Trinajstić information content (AvgIpc) is 2.62. The standard InChI is InChI=1S/C11H9NO3/c1-8(13)12-11(14)7-10(15-12)9-5-3-2-4-6-9/h2-7H,1H3. The third-order valence-electron chi connectivity index (χ3n) is 1.99. The molecule has 0 aliphatic rings. The van der Waals surface area contributed by atoms with Crippen molar-refractivity contribution < 1.29 is 9.32 Å². The Kier molecular flexibility index (Phi) is 2.25. The van der Waals surface area contributed by atoms with Gasteiger partial charge in [0.25, 0.3) is 11.5 Å². The Hall–Kier alpha value is -2.10. The van der Waals surface area contributed by atoms with Crippen molar-refractivity contribution in [3.8, 4) is 11.3 Å². The van der Waals surface area contributed by atoms with Crippen LogP contribution in [0.4, 0.5) is 0 Å². The van der Waals surface area contributed by atoms with E-state index in [1.54, 1.807) is 0 Å². The van der Waals surface area contributed by atoms with E-state index in [1.807, 2.05) is 30.3 Å². The largest absolute Gasteiger partial charge is 0.368 e. The lowest BCUT2D eigenvalue weighted by Crippen LogP contribution is -2.18. The van der Waals surface area contributed by atoms with Crippen molar-refractivity contribution in [1.29, 1.82) is 0 Å². The average molecular weight is 203 g/mol. The number of benzene rings is 1. The van der Waals surface area contributed by atoms with Gasteiger partial charge in [-0.15, -0.1) is 4.74 Å². The second-order valence-corrected chi connectivity index (χ2v) is 3.12. The Labute approximate surface area is 85.7 Å². The van der Waals surface area contributed by atoms with Gasteiger partial charge in [0, 0.05) is 12.5 Å². The van der Waals surface area contributed by atoms with Crippen LogP contribution in [-0.2, 0) is 0 Å². The number of rotatable bonds is 1. The van der Waals surface area contributed by atoms with Crippen LogP contribution in [0.3, 0.4) is 0 Å². The van der Waals surface area contributed by atoms with E-state index in [0.717, 1.165) is 10.3 Å². The van der Waals surface area contributed by atoms with Gasteiger partial charge in [-0.3, -0.25) is 9.59 Å². The van der Waals surface area contributed by atoms with Crippen LogP contribution in [-0.4, -0.2) is 10.6 Å². The maximum absolute atomic E-state index is 11.3. The first-order valence-corrected chi connectivity index (χ1v) is 4.48. The molecule has 0 aliphatic heterocycles. The van der Waals surface area contributed by atoms with Gasteiger partial charge >= 0.3 is 0 Å². The predicted molar refractivity (Wildman–Crippen MR) is 54.7 cm³/mol. The summed E-state index contributed by atoms with van der Waals surface area (Å²) < 4.78 is 5.85. The molecule has 1 heterocycles. The van der Waals surface area contributed by atoms with Gasteiger partial charge in [0.05, 0.1) is 6.07 Å². The zero-order chi connectivity index (χ0) is 10.8. The summed E-state index contributed by atoms with van der Waals surface area (Å²) in [6.07, 6.45) is 0. The summed E-state index contributed by atoms with van der Waals surface area (Å²) in [6.45, 7) is 1.28. The number of hydrogen-bond acceptors (Lipinski definition) is 3. The first-order valence-electron chi connectivity index (χ1n) is 4.48. The summed E-state index contributed by atoms with van der Waals surface area (Å²) in [5.41, 5.74) is 0.330. The summed E-state index contributed by atoms with van der Waals surface area (Å²) in [4.78, 5) is 22.3. The molecule has 0 spiro atoms. The van der Waals surface area contributed by atoms with Crippen molar-refractivity contribution in [2.45, 2.75) is 6.92 Å². The van der Waals surface area contributed by atoms with Crippen LogP contribution in [0.1, 0.15) is 11.7 Å². The Bertz CT molecular complexity index is 536. The molecule has 4 nitrogen and oxygen atoms in total. The summed E-state index contributed by atoms with van der Waals surface area (Å²) in [6, 6.07) is 10.5. The van der Waals surface area contributed by atoms with E-state index in [0.29, 0.717) is 5.76 Å². The number of aromatic nitrogens is 1. The molecular weight excluding hydrogens is 194 g/mol. The molecule has 0 saturated carbocycles. The maximum Gasteiger partial charge on any atom is 0.290 e. The third-order valence-corrected chi connectivity index (χ3v) is 1.99. The van der Waals surface area contributed by atoms with Gasteiger partial charge in [-0.2, -0.15) is 0 Å². The summed E-state index contributed by atoms with van der Waals surface area (Å²) in [5, 5.41) is 0. The molecule has 2 rings (SSSR count). The van der Waals surface area contributed by atoms with Crippen molar-refractivity contribution in [2.24, 2.45) is 0 Å². The van der Waals surface area contributed by atoms with Gasteiger partial charge in [0.15, 0.2) is 5.76 Å². The molecule has 0 radical (unpaired) electrons. The van der Waals surface area contributed by atoms with Crippen LogP contribution in [0.2, 0.25) is 0 Å². The lowest BCUT2D eigenvalue weighted by molar-refractivity contribution is 0.0818. The van der Waals surface area contributed by atoms with Crippen LogP contribution in [0.25, 0.3) is 11.3 Å². The van der Waals surface area contributed by atoms with E-state index in [-0.39, 0.29) is 0 Å². The van der Waals surface area contributed by atoms with Crippen LogP contribution >= 0.6 is 0 Å². The molecule has 4 heteroatoms. The third kappa shape index (κ3) is 1.74. The van der Waals surface area contributed by atoms with Gasteiger partial charge in [0.2, 0.25) is 0 Å². The number of hydrogen-bond donors (Lipinski definition) is 0. The molecule has 0 saturated heterocycles. The SMILES string of the molecule is CC(=O)n1oc(-c2ccccc2)cc1=O. The monoisotopic (exact) mass is 203 g/mol. The molecule has 0 fully saturated rings. The van der Waals surface area contributed by atoms with Crippen LogP contribution in [0.15, 0.2) is 45.7 Å². The van der Waals surface area contributed by atoms with Crippen molar-refractivity contribution in [3.63, 3.8) is 0 Å². The number of nitrogens with zero attached hydrogens (tertiary/aromatic N) is 1. The highest BCUT2D eigenvalue weighted by atomic mass is 16.5. The molecule has 76 valence electrons. The van der Waals surface area contributed by atoms with Gasteiger partial charge < -0.3 is 4.52 Å². The predicted octanol–water partition coefficient (Wildman–Crippen LogP) is 1.77. The lowest BCUT2D eigenvalue weighted by atomic mass is 10.2. The van der Waals surface area contributed by atoms with Crippen molar-refractivity contribution in [3.05, 3.63) is 46.8 Å². The summed E-state index contributed by atoms with van der Waals surface area (Å²) >= 11 is 0. The Balaban J connectivity index is 2.53. The van der Waals surface area contributed by atoms with Crippen molar-refractivity contribution >= 4 is 5.91 Å². The fourth-order valence-electron chi connectivity index (χ4n) is 1.30. The highest BCUT2D eigenvalue weighted by Crippen LogP contribution is 2.16. The van der Waals surface area contributed by atoms with E-state index in [2.05, 4.69) is 0 Å². The molecule has 1 aromatic heterocycles. The number of carbonyl (C=O) groups excluding carboxylic acids is 1. The van der Waals surface area contributed by atoms with E-state index < -0.39 is 11.5 Å². The summed E-state index contributed by atoms with van der Waals surface area (Å²) in [7, 11) is 0. The second-order valence-electron chi connectivity index (χ2n) is 3.12. The molecule has 0 aliphatic carbocycles. The Morgan fingerprint density at radius 3 is 2.47 bits per heavy atom. The summed E-state index contributed by atoms with van der Waals surface area (Å²) in [5.74, 6) is -0.0296. The molecule has 0 bridgehead atoms. The minimum Gasteiger partial charge on any atom is -0.368 e. The van der Waals surface area contributed by atoms with Crippen LogP contribution in [0, 0.1) is 0 Å². The van der Waals surface area contributed by atoms with Gasteiger partial charge in [0.1, 0.15) is 0 Å². The van der Waals surface area contributed by atoms with Crippen molar-refractivity contribution in [2.75, 3.05) is 0 Å². The van der Waals surface area contributed by atoms with E-state index in [1.165, 1.54) is 13.0 Å². The highest BCUT2D eigenvalue weighted by molar-refractivity contribution is 5.75. The minimum absolute atomic E-state index is 0.399. The lowest BCUT2D eigenvalue weighted by Gasteiger charge is -1.94. The topological polar surface area (TPSA) is 52.2 Å². The smallest absolute Gasteiger partial charge is 0.290 e. The van der Waals surface area contributed by atoms with E-state index >= 15 is 0 Å². The van der Waals surface area contributed by atoms with Crippen LogP contribution < -0.4 is 5.56 Å². The zero-order valence-corrected chi connectivity index (χ0v) is 8.14. The van der Waals surface area contributed by atoms with Crippen molar-refractivity contribution in [1.82, 2.24) is 4.74 Å². The molecule has 0 amide bonds. The van der Waals surface area contributed by atoms with E-state index in [9.17, 15) is 9.59 Å². The maximum atomic E-state index is 11.3. The number of carbonyl (C=O) groups is 1. The Morgan fingerprint density at radius 2 is 1.93 bits per heavy atom. The highest BCUT2D eigenvalue weighted by Gasteiger charge is 2.10. The zero-order valence-electron chi connectivity index (χ0n) is 8.14. The first-order chi connectivity index (χ1) is 7.18. The molecule has 2 aromatic rings. The van der Waals surface area contributed by atoms with Gasteiger partial charge in [-0.25, -0.2) is 0 Å². The second kappa shape index (κ2) is 3.57. The van der Waals surface area contributed by atoms with E-state index in [4.69, 9.17) is 4.52 Å². The normalized spacial score (nSPS) is 10.2. The Morgan fingerprint density at radius 1 is 1.27 bits per heavy atom. The molecule has 0 unspecified atom stereocenters. The molecule has 0 atom stereocenters. The van der Waals surface area contributed by atoms with Gasteiger partial charge in [-0.1, -0.05) is 30.3 Å². The fraction of sp³-hybridized carbons (Fsp3) is 0.0909. The minimum atomic E-state index is -0.443.